The standard InChI is InChI=1S/C36H52O15/c1-17-30(51-32-28(43)26(41)25(40)23(14-37)50-32)27(42)29(44)31(48-17)49-19-5-10-34(16-38)21-6-9-33(2)20(18-3-4-24(39)47-15-18)8-12-36(33,46)22(21)7-11-35(34,45)13-19/h3-4,15-17,19-23,25-32,37,40-46H,5-14H2,1-2H3/t17-,19-,20-,21+,22-,23-,25-,26+,27+,28-,29-,30+,31+,32-,33+,34-,35+,36-/m0/s1. The van der Waals surface area contributed by atoms with Crippen LogP contribution in [-0.2, 0) is 23.7 Å². The topological polar surface area (TPSA) is 246 Å². The molecule has 0 amide bonds. The van der Waals surface area contributed by atoms with Crippen molar-refractivity contribution in [1.29, 1.82) is 0 Å². The van der Waals surface area contributed by atoms with Crippen LogP contribution in [0.2, 0.25) is 0 Å². The molecule has 3 heterocycles. The summed E-state index contributed by atoms with van der Waals surface area (Å²) in [6.45, 7) is 2.98. The van der Waals surface area contributed by atoms with Gasteiger partial charge in [-0.25, -0.2) is 4.79 Å². The van der Waals surface area contributed by atoms with E-state index in [0.29, 0.717) is 44.9 Å². The van der Waals surface area contributed by atoms with Gasteiger partial charge in [0.25, 0.3) is 0 Å². The van der Waals surface area contributed by atoms with E-state index in [2.05, 4.69) is 6.92 Å². The van der Waals surface area contributed by atoms with Gasteiger partial charge in [0.15, 0.2) is 12.6 Å². The lowest BCUT2D eigenvalue weighted by Gasteiger charge is -2.65. The summed E-state index contributed by atoms with van der Waals surface area (Å²) in [7, 11) is 0. The number of carbonyl (C=O) groups excluding carboxylic acids is 1. The van der Waals surface area contributed by atoms with Crippen LogP contribution in [0.3, 0.4) is 0 Å². The van der Waals surface area contributed by atoms with Gasteiger partial charge < -0.3 is 69.0 Å². The summed E-state index contributed by atoms with van der Waals surface area (Å²) in [5.41, 5.74) is -3.71. The molecular formula is C36H52O15. The molecule has 0 spiro atoms. The predicted molar refractivity (Wildman–Crippen MR) is 173 cm³/mol. The summed E-state index contributed by atoms with van der Waals surface area (Å²) in [6.07, 6.45) is -8.77. The van der Waals surface area contributed by atoms with Crippen LogP contribution in [0.15, 0.2) is 27.6 Å². The van der Waals surface area contributed by atoms with Crippen LogP contribution in [0, 0.1) is 22.7 Å². The first-order valence-corrected chi connectivity index (χ1v) is 18.3. The molecule has 7 rings (SSSR count). The molecule has 1 aromatic rings. The molecule has 0 aromatic carbocycles. The van der Waals surface area contributed by atoms with Crippen molar-refractivity contribution in [2.24, 2.45) is 22.7 Å². The highest BCUT2D eigenvalue weighted by Gasteiger charge is 2.71. The second-order valence-corrected chi connectivity index (χ2v) is 16.3. The number of aldehydes is 1. The smallest absolute Gasteiger partial charge is 0.335 e. The van der Waals surface area contributed by atoms with E-state index in [1.165, 1.54) is 12.3 Å². The molecule has 0 bridgehead atoms. The lowest BCUT2D eigenvalue weighted by molar-refractivity contribution is -0.361. The summed E-state index contributed by atoms with van der Waals surface area (Å²) < 4.78 is 28.4. The van der Waals surface area contributed by atoms with Gasteiger partial charge in [-0.1, -0.05) is 6.92 Å². The number of hydrogen-bond donors (Lipinski definition) is 8. The first-order chi connectivity index (χ1) is 24.1. The summed E-state index contributed by atoms with van der Waals surface area (Å²) in [6, 6.07) is 3.17. The average Bonchev–Trinajstić information content (AvgIpc) is 3.39. The van der Waals surface area contributed by atoms with Crippen molar-refractivity contribution in [3.8, 4) is 0 Å². The lowest BCUT2D eigenvalue weighted by Crippen LogP contribution is -2.69. The lowest BCUT2D eigenvalue weighted by atomic mass is 9.41. The SMILES string of the molecule is C[C@@H]1O[C@H](O[C@H]2CC[C@]3(C=O)[C@@H]4CC[C@]5(C)[C@H](c6ccc(=O)oc6)CC[C@]5(O)[C@H]4CC[C@@]3(O)C2)[C@@H](O)[C@@H](O)[C@@H]1O[C@@H]1O[C@@H](CO)[C@H](O)[C@@H](O)[C@@H]1O. The van der Waals surface area contributed by atoms with Crippen LogP contribution in [-0.4, -0.2) is 132 Å². The van der Waals surface area contributed by atoms with Crippen LogP contribution in [0.5, 0.6) is 0 Å². The molecule has 4 saturated carbocycles. The Kier molecular flexibility index (Phi) is 9.89. The number of rotatable bonds is 7. The third kappa shape index (κ3) is 5.70. The maximum atomic E-state index is 13.2. The molecule has 18 atom stereocenters. The van der Waals surface area contributed by atoms with Gasteiger partial charge in [-0.2, -0.15) is 0 Å². The fourth-order valence-corrected chi connectivity index (χ4v) is 11.2. The number of fused-ring (bicyclic) bond motifs is 5. The van der Waals surface area contributed by atoms with Crippen LogP contribution in [0.4, 0.5) is 0 Å². The second kappa shape index (κ2) is 13.5. The predicted octanol–water partition coefficient (Wildman–Crippen LogP) is -0.788. The second-order valence-electron chi connectivity index (χ2n) is 16.3. The van der Waals surface area contributed by atoms with Crippen molar-refractivity contribution in [1.82, 2.24) is 0 Å². The maximum Gasteiger partial charge on any atom is 0.335 e. The Morgan fingerprint density at radius 1 is 0.843 bits per heavy atom. The van der Waals surface area contributed by atoms with Gasteiger partial charge in [-0.3, -0.25) is 0 Å². The molecule has 0 unspecified atom stereocenters. The molecule has 6 fully saturated rings. The molecule has 0 radical (unpaired) electrons. The van der Waals surface area contributed by atoms with Gasteiger partial charge in [0.05, 0.1) is 41.7 Å². The molecule has 1 aromatic heterocycles. The molecule has 4 aliphatic carbocycles. The van der Waals surface area contributed by atoms with Gasteiger partial charge in [0.1, 0.15) is 49.0 Å². The molecule has 2 aliphatic heterocycles. The molecule has 15 nitrogen and oxygen atoms in total. The molecule has 2 saturated heterocycles. The Hall–Kier alpha value is -1.86. The number of aliphatic hydroxyl groups is 8. The maximum absolute atomic E-state index is 13.2. The number of carbonyl (C=O) groups is 1. The van der Waals surface area contributed by atoms with Gasteiger partial charge >= 0.3 is 5.63 Å². The van der Waals surface area contributed by atoms with E-state index in [9.17, 15) is 50.4 Å². The van der Waals surface area contributed by atoms with E-state index in [1.54, 1.807) is 13.0 Å². The van der Waals surface area contributed by atoms with Gasteiger partial charge in [0, 0.05) is 17.9 Å². The van der Waals surface area contributed by atoms with Crippen molar-refractivity contribution < 1.29 is 69.0 Å². The monoisotopic (exact) mass is 724 g/mol. The summed E-state index contributed by atoms with van der Waals surface area (Å²) in [5, 5.41) is 87.1. The Bertz CT molecular complexity index is 1470. The third-order valence-electron chi connectivity index (χ3n) is 14.1. The van der Waals surface area contributed by atoms with Crippen molar-refractivity contribution in [3.05, 3.63) is 34.4 Å². The largest absolute Gasteiger partial charge is 0.431 e. The van der Waals surface area contributed by atoms with Crippen LogP contribution < -0.4 is 5.63 Å². The van der Waals surface area contributed by atoms with E-state index in [-0.39, 0.29) is 30.6 Å². The fraction of sp³-hybridized carbons (Fsp3) is 0.833. The van der Waals surface area contributed by atoms with Gasteiger partial charge in [-0.15, -0.1) is 0 Å². The van der Waals surface area contributed by atoms with E-state index in [4.69, 9.17) is 23.4 Å². The summed E-state index contributed by atoms with van der Waals surface area (Å²) in [5.74, 6) is -0.509. The van der Waals surface area contributed by atoms with Crippen LogP contribution in [0.25, 0.3) is 0 Å². The minimum atomic E-state index is -1.72. The van der Waals surface area contributed by atoms with E-state index >= 15 is 0 Å². The molecule has 15 heteroatoms. The van der Waals surface area contributed by atoms with E-state index in [0.717, 1.165) is 11.8 Å². The average molecular weight is 725 g/mol. The molecule has 51 heavy (non-hydrogen) atoms. The van der Waals surface area contributed by atoms with Crippen LogP contribution >= 0.6 is 0 Å². The zero-order valence-electron chi connectivity index (χ0n) is 28.9. The van der Waals surface area contributed by atoms with Crippen molar-refractivity contribution in [2.75, 3.05) is 6.61 Å². The molecule has 6 aliphatic rings. The highest BCUT2D eigenvalue weighted by molar-refractivity contribution is 5.64. The molecular weight excluding hydrogens is 672 g/mol. The Labute approximate surface area is 295 Å². The Morgan fingerprint density at radius 2 is 1.55 bits per heavy atom. The minimum Gasteiger partial charge on any atom is -0.431 e. The highest BCUT2D eigenvalue weighted by atomic mass is 16.7. The van der Waals surface area contributed by atoms with E-state index in [1.807, 2.05) is 0 Å². The Morgan fingerprint density at radius 3 is 2.24 bits per heavy atom. The summed E-state index contributed by atoms with van der Waals surface area (Å²) >= 11 is 0. The zero-order chi connectivity index (χ0) is 36.7. The first kappa shape index (κ1) is 37.5. The zero-order valence-corrected chi connectivity index (χ0v) is 28.9. The molecule has 8 N–H and O–H groups in total. The van der Waals surface area contributed by atoms with Crippen molar-refractivity contribution in [2.45, 2.75) is 156 Å². The molecule has 286 valence electrons. The number of aliphatic hydroxyl groups excluding tert-OH is 6. The number of ether oxygens (including phenoxy) is 4. The van der Waals surface area contributed by atoms with Crippen molar-refractivity contribution >= 4 is 6.29 Å². The Balaban J connectivity index is 1.03. The van der Waals surface area contributed by atoms with Gasteiger partial charge in [0.2, 0.25) is 0 Å². The quantitative estimate of drug-likeness (QED) is 0.127. The van der Waals surface area contributed by atoms with E-state index < -0.39 is 102 Å². The fourth-order valence-electron chi connectivity index (χ4n) is 11.2. The van der Waals surface area contributed by atoms with Gasteiger partial charge in [-0.05, 0) is 87.7 Å². The summed E-state index contributed by atoms with van der Waals surface area (Å²) in [4.78, 5) is 24.8. The van der Waals surface area contributed by atoms with Crippen molar-refractivity contribution in [3.63, 3.8) is 0 Å². The highest BCUT2D eigenvalue weighted by Crippen LogP contribution is 2.71. The normalized spacial score (nSPS) is 52.7. The third-order valence-corrected chi connectivity index (χ3v) is 14.1. The first-order valence-electron chi connectivity index (χ1n) is 18.3. The van der Waals surface area contributed by atoms with Crippen LogP contribution in [0.1, 0.15) is 83.1 Å². The minimum absolute atomic E-state index is 0.0215. The number of hydrogen-bond acceptors (Lipinski definition) is 15.